The smallest absolute Gasteiger partial charge is 0.201 e. The number of aromatic nitrogens is 5. The van der Waals surface area contributed by atoms with Crippen molar-refractivity contribution in [3.63, 3.8) is 0 Å². The minimum atomic E-state index is 0.109. The van der Waals surface area contributed by atoms with E-state index in [9.17, 15) is 4.79 Å². The van der Waals surface area contributed by atoms with Crippen LogP contribution < -0.4 is 0 Å². The Balaban J connectivity index is 2.52. The van der Waals surface area contributed by atoms with Crippen molar-refractivity contribution in [2.24, 2.45) is 7.05 Å². The molecule has 2 aromatic rings. The van der Waals surface area contributed by atoms with Gasteiger partial charge < -0.3 is 4.57 Å². The number of aryl methyl sites for hydroxylation is 1. The third-order valence-corrected chi connectivity index (χ3v) is 2.11. The molecule has 0 aliphatic carbocycles. The second-order valence-corrected chi connectivity index (χ2v) is 3.18. The van der Waals surface area contributed by atoms with Gasteiger partial charge in [0.25, 0.3) is 0 Å². The van der Waals surface area contributed by atoms with Crippen molar-refractivity contribution in [2.45, 2.75) is 0 Å². The Labute approximate surface area is 89.9 Å². The maximum absolute atomic E-state index is 10.5. The summed E-state index contributed by atoms with van der Waals surface area (Å²) in [6.45, 7) is 0. The largest absolute Gasteiger partial charge is 0.314 e. The van der Waals surface area contributed by atoms with Crippen molar-refractivity contribution >= 4 is 17.9 Å². The number of nitrogens with zero attached hydrogens (tertiary/aromatic N) is 5. The maximum Gasteiger partial charge on any atom is 0.201 e. The van der Waals surface area contributed by atoms with Gasteiger partial charge in [-0.05, 0) is 0 Å². The van der Waals surface area contributed by atoms with Gasteiger partial charge in [0.15, 0.2) is 12.1 Å². The summed E-state index contributed by atoms with van der Waals surface area (Å²) in [5.74, 6) is 0.833. The molecule has 0 aliphatic rings. The van der Waals surface area contributed by atoms with Crippen LogP contribution >= 0.6 is 11.6 Å². The van der Waals surface area contributed by atoms with E-state index >= 15 is 0 Å². The van der Waals surface area contributed by atoms with E-state index in [0.717, 1.165) is 0 Å². The van der Waals surface area contributed by atoms with Gasteiger partial charge in [-0.3, -0.25) is 4.79 Å². The molecule has 0 atom stereocenters. The fourth-order valence-corrected chi connectivity index (χ4v) is 1.22. The first-order valence-electron chi connectivity index (χ1n) is 4.04. The van der Waals surface area contributed by atoms with E-state index in [1.54, 1.807) is 11.6 Å². The fraction of sp³-hybridized carbons (Fsp3) is 0.125. The number of carbonyl (C=O) groups is 1. The van der Waals surface area contributed by atoms with E-state index < -0.39 is 0 Å². The molecule has 2 heterocycles. The first-order chi connectivity index (χ1) is 7.22. The Morgan fingerprint density at radius 2 is 2.33 bits per heavy atom. The van der Waals surface area contributed by atoms with Gasteiger partial charge in [0.1, 0.15) is 11.5 Å². The monoisotopic (exact) mass is 223 g/mol. The molecule has 15 heavy (non-hydrogen) atoms. The van der Waals surface area contributed by atoms with Crippen LogP contribution in [0.2, 0.25) is 5.15 Å². The van der Waals surface area contributed by atoms with Gasteiger partial charge in [-0.15, -0.1) is 10.2 Å². The molecule has 0 saturated carbocycles. The lowest BCUT2D eigenvalue weighted by atomic mass is 10.4. The van der Waals surface area contributed by atoms with Crippen molar-refractivity contribution < 1.29 is 4.79 Å². The molecule has 0 bridgehead atoms. The van der Waals surface area contributed by atoms with Crippen LogP contribution in [0.1, 0.15) is 10.4 Å². The normalized spacial score (nSPS) is 10.3. The van der Waals surface area contributed by atoms with Gasteiger partial charge in [0, 0.05) is 13.2 Å². The zero-order valence-corrected chi connectivity index (χ0v) is 8.51. The number of hydrogen-bond donors (Lipinski definition) is 0. The van der Waals surface area contributed by atoms with Gasteiger partial charge in [0.2, 0.25) is 5.82 Å². The summed E-state index contributed by atoms with van der Waals surface area (Å²) in [6, 6.07) is 0. The molecule has 0 radical (unpaired) electrons. The van der Waals surface area contributed by atoms with E-state index in [0.29, 0.717) is 17.9 Å². The van der Waals surface area contributed by atoms with Crippen LogP contribution in [0, 0.1) is 0 Å². The lowest BCUT2D eigenvalue weighted by Crippen LogP contribution is -1.99. The van der Waals surface area contributed by atoms with Crippen molar-refractivity contribution in [3.8, 4) is 11.6 Å². The predicted molar refractivity (Wildman–Crippen MR) is 52.4 cm³/mol. The molecular weight excluding hydrogens is 218 g/mol. The molecule has 7 heteroatoms. The van der Waals surface area contributed by atoms with Crippen molar-refractivity contribution in [1.82, 2.24) is 24.7 Å². The first-order valence-corrected chi connectivity index (χ1v) is 4.42. The molecule has 0 saturated heterocycles. The van der Waals surface area contributed by atoms with Crippen molar-refractivity contribution in [1.29, 1.82) is 0 Å². The van der Waals surface area contributed by atoms with Gasteiger partial charge in [0.05, 0.1) is 5.56 Å². The minimum Gasteiger partial charge on any atom is -0.314 e. The van der Waals surface area contributed by atoms with Gasteiger partial charge in [-0.1, -0.05) is 11.6 Å². The Morgan fingerprint density at radius 3 is 2.87 bits per heavy atom. The van der Waals surface area contributed by atoms with Crippen LogP contribution in [-0.2, 0) is 7.05 Å². The quantitative estimate of drug-likeness (QED) is 0.555. The van der Waals surface area contributed by atoms with Crippen LogP contribution in [0.3, 0.4) is 0 Å². The van der Waals surface area contributed by atoms with E-state index in [2.05, 4.69) is 20.2 Å². The molecule has 76 valence electrons. The van der Waals surface area contributed by atoms with E-state index in [-0.39, 0.29) is 10.7 Å². The highest BCUT2D eigenvalue weighted by Gasteiger charge is 2.10. The summed E-state index contributed by atoms with van der Waals surface area (Å²) in [5.41, 5.74) is 0.252. The van der Waals surface area contributed by atoms with Crippen LogP contribution in [-0.4, -0.2) is 31.0 Å². The molecule has 0 aliphatic heterocycles. The van der Waals surface area contributed by atoms with Crippen LogP contribution in [0.15, 0.2) is 12.5 Å². The van der Waals surface area contributed by atoms with Crippen LogP contribution in [0.4, 0.5) is 0 Å². The average molecular weight is 224 g/mol. The second kappa shape index (κ2) is 3.74. The lowest BCUT2D eigenvalue weighted by Gasteiger charge is -2.00. The Bertz CT molecular complexity index is 509. The molecule has 6 nitrogen and oxygen atoms in total. The molecule has 2 rings (SSSR count). The molecule has 0 N–H and O–H groups in total. The molecular formula is C8H6ClN5O. The highest BCUT2D eigenvalue weighted by atomic mass is 35.5. The van der Waals surface area contributed by atoms with Crippen molar-refractivity contribution in [2.75, 3.05) is 0 Å². The van der Waals surface area contributed by atoms with Gasteiger partial charge in [-0.25, -0.2) is 9.97 Å². The average Bonchev–Trinajstić information content (AvgIpc) is 2.64. The minimum absolute atomic E-state index is 0.109. The number of rotatable bonds is 2. The third kappa shape index (κ3) is 1.71. The highest BCUT2D eigenvalue weighted by Crippen LogP contribution is 2.15. The van der Waals surface area contributed by atoms with E-state index in [4.69, 9.17) is 11.6 Å². The number of halogens is 1. The molecule has 0 unspecified atom stereocenters. The highest BCUT2D eigenvalue weighted by molar-refractivity contribution is 6.31. The van der Waals surface area contributed by atoms with E-state index in [1.165, 1.54) is 12.5 Å². The SMILES string of the molecule is Cn1cnnc1-c1ncc(C=O)c(Cl)n1. The molecule has 0 spiro atoms. The maximum atomic E-state index is 10.5. The Kier molecular flexibility index (Phi) is 2.42. The summed E-state index contributed by atoms with van der Waals surface area (Å²) in [6.07, 6.45) is 3.48. The standard InChI is InChI=1S/C8H6ClN5O/c1-14-4-11-13-8(14)7-10-2-5(3-15)6(9)12-7/h2-4H,1H3. The molecule has 0 aromatic carbocycles. The fourth-order valence-electron chi connectivity index (χ4n) is 1.04. The zero-order chi connectivity index (χ0) is 10.8. The summed E-state index contributed by atoms with van der Waals surface area (Å²) in [5, 5.41) is 7.62. The lowest BCUT2D eigenvalue weighted by molar-refractivity contribution is 0.112. The third-order valence-electron chi connectivity index (χ3n) is 1.81. The van der Waals surface area contributed by atoms with E-state index in [1.807, 2.05) is 0 Å². The molecule has 0 fully saturated rings. The Morgan fingerprint density at radius 1 is 1.53 bits per heavy atom. The second-order valence-electron chi connectivity index (χ2n) is 2.82. The summed E-state index contributed by atoms with van der Waals surface area (Å²) >= 11 is 5.76. The predicted octanol–water partition coefficient (Wildman–Crippen LogP) is 0.738. The van der Waals surface area contributed by atoms with Gasteiger partial charge >= 0.3 is 0 Å². The van der Waals surface area contributed by atoms with Crippen molar-refractivity contribution in [3.05, 3.63) is 23.2 Å². The Hall–Kier alpha value is -1.82. The topological polar surface area (TPSA) is 73.6 Å². The summed E-state index contributed by atoms with van der Waals surface area (Å²) in [7, 11) is 1.76. The molecule has 2 aromatic heterocycles. The van der Waals surface area contributed by atoms with Crippen LogP contribution in [0.5, 0.6) is 0 Å². The van der Waals surface area contributed by atoms with Crippen LogP contribution in [0.25, 0.3) is 11.6 Å². The summed E-state index contributed by atoms with van der Waals surface area (Å²) in [4.78, 5) is 18.4. The van der Waals surface area contributed by atoms with Gasteiger partial charge in [-0.2, -0.15) is 0 Å². The first kappa shape index (κ1) is 9.72. The number of hydrogen-bond acceptors (Lipinski definition) is 5. The molecule has 0 amide bonds. The number of carbonyl (C=O) groups excluding carboxylic acids is 1. The zero-order valence-electron chi connectivity index (χ0n) is 7.75. The number of aldehydes is 1. The summed E-state index contributed by atoms with van der Waals surface area (Å²) < 4.78 is 1.66.